The SMILES string of the molecule is CN1CCCCON(C)CCCN(C)c2ncnc3[nH]c(O)c(c23)C=Nc2ccc(Cl)c(c2)C1. The summed E-state index contributed by atoms with van der Waals surface area (Å²) in [6.45, 7) is 3.95. The fourth-order valence-corrected chi connectivity index (χ4v) is 4.29. The third-order valence-corrected chi connectivity index (χ3v) is 6.34. The standard InChI is InChI=1S/C24H32ClN7O2/c1-30-9-4-5-12-34-32(3)11-6-10-31(2)23-21-19(24(33)29-22(21)27-16-28-23)14-26-18-7-8-20(25)17(13-18)15-30/h7-8,13-14,16,33H,4-6,9-12,15H2,1-3H3,(H,27,28,29). The van der Waals surface area contributed by atoms with Gasteiger partial charge in [0.25, 0.3) is 0 Å². The van der Waals surface area contributed by atoms with Crippen LogP contribution in [-0.4, -0.2) is 83.6 Å². The second-order valence-electron chi connectivity index (χ2n) is 8.75. The molecule has 9 nitrogen and oxygen atoms in total. The van der Waals surface area contributed by atoms with Crippen LogP contribution in [0.15, 0.2) is 29.5 Å². The molecule has 0 saturated heterocycles. The Morgan fingerprint density at radius 2 is 1.91 bits per heavy atom. The number of nitrogens with zero attached hydrogens (tertiary/aromatic N) is 6. The quantitative estimate of drug-likeness (QED) is 0.497. The lowest BCUT2D eigenvalue weighted by Gasteiger charge is -2.22. The van der Waals surface area contributed by atoms with Crippen molar-refractivity contribution >= 4 is 40.4 Å². The van der Waals surface area contributed by atoms with Crippen LogP contribution in [0, 0.1) is 0 Å². The number of nitrogens with one attached hydrogen (secondary N) is 1. The molecule has 182 valence electrons. The molecular formula is C24H32ClN7O2. The summed E-state index contributed by atoms with van der Waals surface area (Å²) in [5, 5.41) is 13.9. The van der Waals surface area contributed by atoms with E-state index in [-0.39, 0.29) is 5.88 Å². The van der Waals surface area contributed by atoms with Crippen molar-refractivity contribution in [2.75, 3.05) is 52.3 Å². The van der Waals surface area contributed by atoms with Crippen LogP contribution >= 0.6 is 11.6 Å². The highest BCUT2D eigenvalue weighted by Crippen LogP contribution is 2.32. The van der Waals surface area contributed by atoms with Crippen molar-refractivity contribution in [2.24, 2.45) is 4.99 Å². The fourth-order valence-electron chi connectivity index (χ4n) is 4.11. The number of aromatic amines is 1. The molecule has 1 aliphatic rings. The van der Waals surface area contributed by atoms with Crippen molar-refractivity contribution in [3.63, 3.8) is 0 Å². The normalized spacial score (nSPS) is 17.8. The fraction of sp³-hybridized carbons (Fsp3) is 0.458. The molecule has 0 saturated carbocycles. The third kappa shape index (κ3) is 5.85. The van der Waals surface area contributed by atoms with E-state index in [2.05, 4.69) is 36.8 Å². The smallest absolute Gasteiger partial charge is 0.199 e. The second-order valence-corrected chi connectivity index (χ2v) is 9.15. The zero-order chi connectivity index (χ0) is 24.1. The molecule has 1 aromatic carbocycles. The van der Waals surface area contributed by atoms with Gasteiger partial charge in [-0.05, 0) is 56.6 Å². The number of H-pyrrole nitrogens is 1. The van der Waals surface area contributed by atoms with Gasteiger partial charge < -0.3 is 19.9 Å². The first-order valence-corrected chi connectivity index (χ1v) is 11.9. The molecule has 0 unspecified atom stereocenters. The van der Waals surface area contributed by atoms with Gasteiger partial charge in [0.15, 0.2) is 5.88 Å². The minimum atomic E-state index is 0.0121. The molecule has 2 aromatic heterocycles. The predicted octanol–water partition coefficient (Wildman–Crippen LogP) is 3.98. The number of fused-ring (bicyclic) bond motifs is 2. The highest BCUT2D eigenvalue weighted by molar-refractivity contribution is 6.31. The van der Waals surface area contributed by atoms with Gasteiger partial charge in [0.2, 0.25) is 0 Å². The number of aromatic hydroxyl groups is 1. The predicted molar refractivity (Wildman–Crippen MR) is 136 cm³/mol. The molecule has 0 fully saturated rings. The van der Waals surface area contributed by atoms with Crippen molar-refractivity contribution in [1.29, 1.82) is 0 Å². The Balaban J connectivity index is 1.69. The molecule has 34 heavy (non-hydrogen) atoms. The van der Waals surface area contributed by atoms with E-state index in [1.165, 1.54) is 6.33 Å². The molecule has 2 bridgehead atoms. The summed E-state index contributed by atoms with van der Waals surface area (Å²) in [6, 6.07) is 5.73. The van der Waals surface area contributed by atoms with E-state index in [1.807, 2.05) is 37.4 Å². The number of hydrogen-bond donors (Lipinski definition) is 2. The van der Waals surface area contributed by atoms with Crippen LogP contribution in [0.4, 0.5) is 11.5 Å². The maximum atomic E-state index is 10.6. The van der Waals surface area contributed by atoms with Crippen LogP contribution in [0.25, 0.3) is 11.0 Å². The molecule has 3 heterocycles. The minimum absolute atomic E-state index is 0.0121. The molecule has 0 aliphatic carbocycles. The molecular weight excluding hydrogens is 454 g/mol. The van der Waals surface area contributed by atoms with E-state index in [0.717, 1.165) is 67.9 Å². The molecule has 3 aromatic rings. The zero-order valence-electron chi connectivity index (χ0n) is 20.0. The van der Waals surface area contributed by atoms with Gasteiger partial charge in [-0.15, -0.1) is 0 Å². The van der Waals surface area contributed by atoms with Gasteiger partial charge in [-0.25, -0.2) is 9.97 Å². The maximum Gasteiger partial charge on any atom is 0.199 e. The Bertz CT molecular complexity index is 1150. The number of aromatic nitrogens is 3. The van der Waals surface area contributed by atoms with E-state index >= 15 is 0 Å². The van der Waals surface area contributed by atoms with Crippen molar-refractivity contribution < 1.29 is 9.94 Å². The van der Waals surface area contributed by atoms with Crippen molar-refractivity contribution in [1.82, 2.24) is 24.9 Å². The lowest BCUT2D eigenvalue weighted by molar-refractivity contribution is -0.140. The monoisotopic (exact) mass is 485 g/mol. The molecule has 0 amide bonds. The summed E-state index contributed by atoms with van der Waals surface area (Å²) in [6.07, 6.45) is 6.09. The number of hydroxylamine groups is 2. The lowest BCUT2D eigenvalue weighted by Crippen LogP contribution is -2.27. The molecule has 2 N–H and O–H groups in total. The number of halogens is 1. The van der Waals surface area contributed by atoms with Gasteiger partial charge in [-0.2, -0.15) is 5.06 Å². The van der Waals surface area contributed by atoms with E-state index in [0.29, 0.717) is 22.8 Å². The Kier molecular flexibility index (Phi) is 7.99. The number of aliphatic imine (C=N–C) groups is 1. The summed E-state index contributed by atoms with van der Waals surface area (Å²) in [7, 11) is 6.05. The summed E-state index contributed by atoms with van der Waals surface area (Å²) in [5.41, 5.74) is 2.90. The number of anilines is 1. The Morgan fingerprint density at radius 3 is 2.76 bits per heavy atom. The first-order valence-electron chi connectivity index (χ1n) is 11.5. The summed E-state index contributed by atoms with van der Waals surface area (Å²) in [5.74, 6) is 0.748. The van der Waals surface area contributed by atoms with Crippen molar-refractivity contribution in [3.05, 3.63) is 40.7 Å². The van der Waals surface area contributed by atoms with Crippen LogP contribution in [-0.2, 0) is 11.4 Å². The summed E-state index contributed by atoms with van der Waals surface area (Å²) >= 11 is 6.47. The van der Waals surface area contributed by atoms with Crippen molar-refractivity contribution in [3.8, 4) is 5.88 Å². The van der Waals surface area contributed by atoms with Gasteiger partial charge in [0.05, 0.1) is 23.2 Å². The summed E-state index contributed by atoms with van der Waals surface area (Å²) in [4.78, 5) is 26.6. The van der Waals surface area contributed by atoms with E-state index < -0.39 is 0 Å². The molecule has 10 heteroatoms. The van der Waals surface area contributed by atoms with Crippen LogP contribution in [0.2, 0.25) is 5.02 Å². The van der Waals surface area contributed by atoms with Gasteiger partial charge in [-0.1, -0.05) is 11.6 Å². The zero-order valence-corrected chi connectivity index (χ0v) is 20.7. The number of rotatable bonds is 0. The molecule has 4 rings (SSSR count). The highest BCUT2D eigenvalue weighted by Gasteiger charge is 2.18. The second kappa shape index (κ2) is 11.1. The maximum absolute atomic E-state index is 10.6. The van der Waals surface area contributed by atoms with Crippen LogP contribution in [0.5, 0.6) is 5.88 Å². The Hall–Kier alpha value is -2.72. The van der Waals surface area contributed by atoms with Crippen molar-refractivity contribution in [2.45, 2.75) is 25.8 Å². The topological polar surface area (TPSA) is 93.1 Å². The average Bonchev–Trinajstić information content (AvgIpc) is 3.13. The Morgan fingerprint density at radius 1 is 1.06 bits per heavy atom. The number of benzene rings is 1. The van der Waals surface area contributed by atoms with Crippen LogP contribution < -0.4 is 4.90 Å². The average molecular weight is 486 g/mol. The minimum Gasteiger partial charge on any atom is -0.494 e. The molecule has 0 atom stereocenters. The highest BCUT2D eigenvalue weighted by atomic mass is 35.5. The van der Waals surface area contributed by atoms with E-state index in [4.69, 9.17) is 16.4 Å². The molecule has 1 aliphatic heterocycles. The summed E-state index contributed by atoms with van der Waals surface area (Å²) < 4.78 is 0. The first-order chi connectivity index (χ1) is 16.4. The Labute approximate surface area is 205 Å². The van der Waals surface area contributed by atoms with Gasteiger partial charge in [0.1, 0.15) is 17.8 Å². The van der Waals surface area contributed by atoms with Gasteiger partial charge in [-0.3, -0.25) is 9.83 Å². The lowest BCUT2D eigenvalue weighted by atomic mass is 10.1. The molecule has 0 spiro atoms. The van der Waals surface area contributed by atoms with E-state index in [9.17, 15) is 5.11 Å². The third-order valence-electron chi connectivity index (χ3n) is 5.97. The van der Waals surface area contributed by atoms with Crippen LogP contribution in [0.1, 0.15) is 30.4 Å². The van der Waals surface area contributed by atoms with Crippen LogP contribution in [0.3, 0.4) is 0 Å². The first kappa shape index (κ1) is 24.4. The van der Waals surface area contributed by atoms with Gasteiger partial charge >= 0.3 is 0 Å². The van der Waals surface area contributed by atoms with E-state index in [1.54, 1.807) is 6.21 Å². The molecule has 0 radical (unpaired) electrons. The van der Waals surface area contributed by atoms with Gasteiger partial charge in [0, 0.05) is 45.0 Å². The largest absolute Gasteiger partial charge is 0.494 e. The number of hydrogen-bond acceptors (Lipinski definition) is 8.